The average molecular weight is 290 g/mol. The van der Waals surface area contributed by atoms with Crippen molar-refractivity contribution in [2.24, 2.45) is 0 Å². The van der Waals surface area contributed by atoms with Gasteiger partial charge in [0.2, 0.25) is 0 Å². The summed E-state index contributed by atoms with van der Waals surface area (Å²) in [6.45, 7) is 4.30. The maximum absolute atomic E-state index is 9.28. The molecule has 2 aromatic rings. The Kier molecular flexibility index (Phi) is 5.05. The van der Waals surface area contributed by atoms with E-state index in [9.17, 15) is 5.11 Å². The van der Waals surface area contributed by atoms with Crippen molar-refractivity contribution in [2.75, 3.05) is 0 Å². The summed E-state index contributed by atoms with van der Waals surface area (Å²) in [6.07, 6.45) is 0.922. The Morgan fingerprint density at radius 2 is 1.80 bits per heavy atom. The number of hydrogen-bond donors (Lipinski definition) is 2. The molecule has 0 spiro atoms. The lowest BCUT2D eigenvalue weighted by Crippen LogP contribution is -2.30. The molecule has 0 radical (unpaired) electrons. The molecule has 0 aliphatic heterocycles. The van der Waals surface area contributed by atoms with E-state index in [4.69, 9.17) is 11.6 Å². The minimum atomic E-state index is 0.251. The first-order valence-corrected chi connectivity index (χ1v) is 7.22. The molecule has 0 aliphatic carbocycles. The van der Waals surface area contributed by atoms with Crippen molar-refractivity contribution in [1.29, 1.82) is 0 Å². The number of halogens is 1. The van der Waals surface area contributed by atoms with Gasteiger partial charge in [-0.25, -0.2) is 0 Å². The van der Waals surface area contributed by atoms with Crippen molar-refractivity contribution in [2.45, 2.75) is 32.4 Å². The van der Waals surface area contributed by atoms with Crippen LogP contribution in [-0.2, 0) is 6.42 Å². The molecule has 0 amide bonds. The fraction of sp³-hybridized carbons (Fsp3) is 0.294. The highest BCUT2D eigenvalue weighted by molar-refractivity contribution is 6.30. The highest BCUT2D eigenvalue weighted by Gasteiger charge is 2.10. The Morgan fingerprint density at radius 1 is 1.10 bits per heavy atom. The van der Waals surface area contributed by atoms with Crippen LogP contribution in [-0.4, -0.2) is 11.1 Å². The number of phenolic OH excluding ortho intramolecular Hbond substituents is 1. The topological polar surface area (TPSA) is 32.3 Å². The summed E-state index contributed by atoms with van der Waals surface area (Å²) in [5, 5.41) is 13.6. The molecule has 0 aliphatic rings. The second kappa shape index (κ2) is 6.78. The molecule has 1 unspecified atom stereocenters. The van der Waals surface area contributed by atoms with E-state index in [-0.39, 0.29) is 6.04 Å². The van der Waals surface area contributed by atoms with Crippen LogP contribution in [0.1, 0.15) is 31.0 Å². The van der Waals surface area contributed by atoms with E-state index < -0.39 is 0 Å². The molecular weight excluding hydrogens is 270 g/mol. The summed E-state index contributed by atoms with van der Waals surface area (Å²) < 4.78 is 0. The van der Waals surface area contributed by atoms with Crippen LogP contribution in [0, 0.1) is 0 Å². The Labute approximate surface area is 125 Å². The summed E-state index contributed by atoms with van der Waals surface area (Å²) in [7, 11) is 0. The van der Waals surface area contributed by atoms with Gasteiger partial charge in [-0.3, -0.25) is 0 Å². The summed E-state index contributed by atoms with van der Waals surface area (Å²) >= 11 is 6.02. The average Bonchev–Trinajstić information content (AvgIpc) is 2.41. The molecule has 0 fully saturated rings. The predicted molar refractivity (Wildman–Crippen MR) is 84.3 cm³/mol. The molecule has 2 nitrogen and oxygen atoms in total. The van der Waals surface area contributed by atoms with E-state index in [1.807, 2.05) is 30.3 Å². The van der Waals surface area contributed by atoms with Crippen LogP contribution in [0.4, 0.5) is 0 Å². The molecule has 106 valence electrons. The summed E-state index contributed by atoms with van der Waals surface area (Å²) in [6, 6.07) is 15.9. The van der Waals surface area contributed by atoms with E-state index >= 15 is 0 Å². The Hall–Kier alpha value is -1.51. The lowest BCUT2D eigenvalue weighted by Gasteiger charge is -2.20. The molecule has 0 bridgehead atoms. The minimum absolute atomic E-state index is 0.251. The van der Waals surface area contributed by atoms with Crippen molar-refractivity contribution in [3.8, 4) is 5.75 Å². The maximum Gasteiger partial charge on any atom is 0.115 e. The van der Waals surface area contributed by atoms with Gasteiger partial charge in [-0.2, -0.15) is 0 Å². The minimum Gasteiger partial charge on any atom is -0.508 e. The number of aromatic hydroxyl groups is 1. The van der Waals surface area contributed by atoms with E-state index in [0.717, 1.165) is 11.4 Å². The zero-order chi connectivity index (χ0) is 14.5. The van der Waals surface area contributed by atoms with Crippen LogP contribution < -0.4 is 5.32 Å². The fourth-order valence-corrected chi connectivity index (χ4v) is 2.54. The standard InChI is InChI=1S/C17H20ClNO/c1-12(10-14-6-8-17(20)9-7-14)19-13(2)15-4-3-5-16(18)11-15/h3-9,11-13,19-20H,10H2,1-2H3/t12?,13-/m1/s1. The van der Waals surface area contributed by atoms with Gasteiger partial charge in [0.1, 0.15) is 5.75 Å². The molecule has 0 saturated heterocycles. The molecule has 20 heavy (non-hydrogen) atoms. The third-order valence-electron chi connectivity index (χ3n) is 3.36. The van der Waals surface area contributed by atoms with Crippen molar-refractivity contribution < 1.29 is 5.11 Å². The Bertz CT molecular complexity index is 553. The van der Waals surface area contributed by atoms with Gasteiger partial charge in [0.05, 0.1) is 0 Å². The molecule has 2 rings (SSSR count). The van der Waals surface area contributed by atoms with Crippen LogP contribution in [0.3, 0.4) is 0 Å². The predicted octanol–water partition coefficient (Wildman–Crippen LogP) is 4.33. The summed E-state index contributed by atoms with van der Waals surface area (Å²) in [5.74, 6) is 0.307. The van der Waals surface area contributed by atoms with Crippen LogP contribution in [0.2, 0.25) is 5.02 Å². The molecule has 2 atom stereocenters. The van der Waals surface area contributed by atoms with Crippen LogP contribution >= 0.6 is 11.6 Å². The van der Waals surface area contributed by atoms with Gasteiger partial charge in [0.15, 0.2) is 0 Å². The number of hydrogen-bond acceptors (Lipinski definition) is 2. The van der Waals surface area contributed by atoms with Gasteiger partial charge >= 0.3 is 0 Å². The van der Waals surface area contributed by atoms with Crippen molar-refractivity contribution in [3.63, 3.8) is 0 Å². The molecule has 2 aromatic carbocycles. The molecular formula is C17H20ClNO. The SMILES string of the molecule is CC(Cc1ccc(O)cc1)N[C@H](C)c1cccc(Cl)c1. The van der Waals surface area contributed by atoms with Crippen molar-refractivity contribution >= 4 is 11.6 Å². The van der Waals surface area contributed by atoms with Gasteiger partial charge in [-0.05, 0) is 55.7 Å². The van der Waals surface area contributed by atoms with Crippen molar-refractivity contribution in [1.82, 2.24) is 5.32 Å². The number of phenols is 1. The monoisotopic (exact) mass is 289 g/mol. The smallest absolute Gasteiger partial charge is 0.115 e. The highest BCUT2D eigenvalue weighted by atomic mass is 35.5. The van der Waals surface area contributed by atoms with E-state index in [0.29, 0.717) is 11.8 Å². The second-order valence-electron chi connectivity index (χ2n) is 5.21. The molecule has 0 heterocycles. The molecule has 3 heteroatoms. The van der Waals surface area contributed by atoms with E-state index in [2.05, 4.69) is 25.2 Å². The molecule has 2 N–H and O–H groups in total. The van der Waals surface area contributed by atoms with E-state index in [1.54, 1.807) is 12.1 Å². The van der Waals surface area contributed by atoms with E-state index in [1.165, 1.54) is 11.1 Å². The van der Waals surface area contributed by atoms with Crippen LogP contribution in [0.25, 0.3) is 0 Å². The maximum atomic E-state index is 9.28. The third-order valence-corrected chi connectivity index (χ3v) is 3.60. The lowest BCUT2D eigenvalue weighted by molar-refractivity contribution is 0.470. The molecule has 0 aromatic heterocycles. The molecule has 0 saturated carbocycles. The second-order valence-corrected chi connectivity index (χ2v) is 5.65. The fourth-order valence-electron chi connectivity index (χ4n) is 2.34. The number of rotatable bonds is 5. The summed E-state index contributed by atoms with van der Waals surface area (Å²) in [5.41, 5.74) is 2.40. The zero-order valence-corrected chi connectivity index (χ0v) is 12.6. The van der Waals surface area contributed by atoms with Gasteiger partial charge < -0.3 is 10.4 Å². The first kappa shape index (κ1) is 14.9. The normalized spacial score (nSPS) is 13.9. The van der Waals surface area contributed by atoms with Crippen LogP contribution in [0.15, 0.2) is 48.5 Å². The summed E-state index contributed by atoms with van der Waals surface area (Å²) in [4.78, 5) is 0. The van der Waals surface area contributed by atoms with Gasteiger partial charge in [-0.1, -0.05) is 35.9 Å². The van der Waals surface area contributed by atoms with Crippen LogP contribution in [0.5, 0.6) is 5.75 Å². The zero-order valence-electron chi connectivity index (χ0n) is 11.8. The Morgan fingerprint density at radius 3 is 2.45 bits per heavy atom. The highest BCUT2D eigenvalue weighted by Crippen LogP contribution is 2.18. The number of nitrogens with one attached hydrogen (secondary N) is 1. The largest absolute Gasteiger partial charge is 0.508 e. The van der Waals surface area contributed by atoms with Gasteiger partial charge in [-0.15, -0.1) is 0 Å². The Balaban J connectivity index is 1.93. The first-order chi connectivity index (χ1) is 9.54. The van der Waals surface area contributed by atoms with Gasteiger partial charge in [0, 0.05) is 17.1 Å². The van der Waals surface area contributed by atoms with Crippen molar-refractivity contribution in [3.05, 3.63) is 64.7 Å². The van der Waals surface area contributed by atoms with Gasteiger partial charge in [0.25, 0.3) is 0 Å². The first-order valence-electron chi connectivity index (χ1n) is 6.84. The quantitative estimate of drug-likeness (QED) is 0.859. The number of benzene rings is 2. The third kappa shape index (κ3) is 4.26. The lowest BCUT2D eigenvalue weighted by atomic mass is 10.0.